The van der Waals surface area contributed by atoms with Crippen LogP contribution in [0, 0.1) is 0 Å². The Bertz CT molecular complexity index is 964. The van der Waals surface area contributed by atoms with Gasteiger partial charge in [-0.05, 0) is 54.1 Å². The lowest BCUT2D eigenvalue weighted by Gasteiger charge is -2.19. The summed E-state index contributed by atoms with van der Waals surface area (Å²) >= 11 is 1.24. The van der Waals surface area contributed by atoms with E-state index in [1.807, 2.05) is 31.2 Å². The molecule has 2 aromatic carbocycles. The number of para-hydroxylation sites is 1. The van der Waals surface area contributed by atoms with Gasteiger partial charge in [0.05, 0.1) is 23.3 Å². The molecule has 1 aliphatic rings. The van der Waals surface area contributed by atoms with E-state index in [4.69, 9.17) is 4.74 Å². The zero-order chi connectivity index (χ0) is 19.6. The number of rotatable bonds is 4. The van der Waals surface area contributed by atoms with Gasteiger partial charge in [0.2, 0.25) is 0 Å². The van der Waals surface area contributed by atoms with E-state index < -0.39 is 5.97 Å². The highest BCUT2D eigenvalue weighted by atomic mass is 32.2. The van der Waals surface area contributed by atoms with Crippen LogP contribution in [0.3, 0.4) is 0 Å². The van der Waals surface area contributed by atoms with Gasteiger partial charge in [-0.1, -0.05) is 24.3 Å². The molecule has 1 aliphatic heterocycles. The van der Waals surface area contributed by atoms with Crippen molar-refractivity contribution in [1.29, 1.82) is 0 Å². The first-order valence-corrected chi connectivity index (χ1v) is 8.96. The summed E-state index contributed by atoms with van der Waals surface area (Å²) < 4.78 is 5.16. The standard InChI is InChI=1S/C20H18N2O4S/c1-12(13-8-10-14(26-3)11-9-13)17-18(23)21-20(27-17)22(2)16-7-5-4-6-15(16)19(24)25/h4-11H,1-3H3,(H,24,25)/b17-12-. The Hall–Kier alpha value is -3.06. The Labute approximate surface area is 161 Å². The number of aliphatic imine (C=N–C) groups is 1. The van der Waals surface area contributed by atoms with Crippen LogP contribution in [0.1, 0.15) is 22.8 Å². The number of hydrogen-bond acceptors (Lipinski definition) is 5. The molecule has 1 N–H and O–H groups in total. The Morgan fingerprint density at radius 2 is 1.81 bits per heavy atom. The van der Waals surface area contributed by atoms with E-state index in [9.17, 15) is 14.7 Å². The van der Waals surface area contributed by atoms with Crippen molar-refractivity contribution in [2.24, 2.45) is 4.99 Å². The summed E-state index contributed by atoms with van der Waals surface area (Å²) in [7, 11) is 3.30. The molecule has 0 saturated carbocycles. The fourth-order valence-corrected chi connectivity index (χ4v) is 3.65. The average molecular weight is 382 g/mol. The molecule has 6 nitrogen and oxygen atoms in total. The summed E-state index contributed by atoms with van der Waals surface area (Å²) in [6.07, 6.45) is 0. The maximum Gasteiger partial charge on any atom is 0.337 e. The van der Waals surface area contributed by atoms with Crippen LogP contribution in [0.2, 0.25) is 0 Å². The van der Waals surface area contributed by atoms with Gasteiger partial charge >= 0.3 is 5.97 Å². The van der Waals surface area contributed by atoms with Crippen molar-refractivity contribution in [3.8, 4) is 5.75 Å². The number of amides is 1. The van der Waals surface area contributed by atoms with E-state index in [0.717, 1.165) is 16.9 Å². The van der Waals surface area contributed by atoms with Crippen LogP contribution in [0.25, 0.3) is 5.57 Å². The number of aromatic carboxylic acids is 1. The number of carboxylic acids is 1. The Morgan fingerprint density at radius 1 is 1.15 bits per heavy atom. The average Bonchev–Trinajstić information content (AvgIpc) is 3.08. The number of amidine groups is 1. The van der Waals surface area contributed by atoms with Crippen LogP contribution in [-0.2, 0) is 4.79 Å². The summed E-state index contributed by atoms with van der Waals surface area (Å²) in [4.78, 5) is 30.2. The third-order valence-corrected chi connectivity index (χ3v) is 5.46. The number of benzene rings is 2. The Balaban J connectivity index is 1.90. The molecule has 138 valence electrons. The predicted molar refractivity (Wildman–Crippen MR) is 107 cm³/mol. The molecular weight excluding hydrogens is 364 g/mol. The highest BCUT2D eigenvalue weighted by molar-refractivity contribution is 8.18. The van der Waals surface area contributed by atoms with Crippen LogP contribution in [0.15, 0.2) is 58.4 Å². The molecule has 0 aromatic heterocycles. The molecule has 1 amide bonds. The lowest BCUT2D eigenvalue weighted by molar-refractivity contribution is -0.113. The van der Waals surface area contributed by atoms with Gasteiger partial charge in [-0.25, -0.2) is 4.79 Å². The lowest BCUT2D eigenvalue weighted by Crippen LogP contribution is -2.24. The monoisotopic (exact) mass is 382 g/mol. The quantitative estimate of drug-likeness (QED) is 0.808. The molecule has 0 radical (unpaired) electrons. The van der Waals surface area contributed by atoms with E-state index in [1.165, 1.54) is 17.8 Å². The molecule has 0 bridgehead atoms. The third-order valence-electron chi connectivity index (χ3n) is 4.23. The van der Waals surface area contributed by atoms with Crippen molar-refractivity contribution in [3.05, 3.63) is 64.6 Å². The summed E-state index contributed by atoms with van der Waals surface area (Å²) in [6, 6.07) is 14.1. The number of carbonyl (C=O) groups excluding carboxylic acids is 1. The Kier molecular flexibility index (Phi) is 5.32. The molecule has 27 heavy (non-hydrogen) atoms. The minimum absolute atomic E-state index is 0.153. The number of allylic oxidation sites excluding steroid dienone is 1. The van der Waals surface area contributed by atoms with Gasteiger partial charge in [0, 0.05) is 7.05 Å². The molecule has 0 aliphatic carbocycles. The van der Waals surface area contributed by atoms with E-state index in [-0.39, 0.29) is 11.5 Å². The SMILES string of the molecule is COc1ccc(/C(C)=C2\SC(N(C)c3ccccc3C(=O)O)=NC2=O)cc1. The van der Waals surface area contributed by atoms with E-state index in [1.54, 1.807) is 37.3 Å². The van der Waals surface area contributed by atoms with Crippen molar-refractivity contribution in [3.63, 3.8) is 0 Å². The minimum Gasteiger partial charge on any atom is -0.497 e. The topological polar surface area (TPSA) is 79.2 Å². The Morgan fingerprint density at radius 3 is 2.44 bits per heavy atom. The molecule has 0 saturated heterocycles. The number of carboxylic acid groups (broad SMARTS) is 1. The number of carbonyl (C=O) groups is 2. The maximum absolute atomic E-state index is 12.4. The van der Waals surface area contributed by atoms with Crippen LogP contribution >= 0.6 is 11.8 Å². The van der Waals surface area contributed by atoms with Gasteiger partial charge in [-0.3, -0.25) is 4.79 Å². The fraction of sp³-hybridized carbons (Fsp3) is 0.150. The molecule has 0 spiro atoms. The largest absolute Gasteiger partial charge is 0.497 e. The highest BCUT2D eigenvalue weighted by Crippen LogP contribution is 2.36. The second-order valence-electron chi connectivity index (χ2n) is 5.87. The summed E-state index contributed by atoms with van der Waals surface area (Å²) in [6.45, 7) is 1.87. The van der Waals surface area contributed by atoms with Crippen LogP contribution < -0.4 is 9.64 Å². The number of hydrogen-bond donors (Lipinski definition) is 1. The molecular formula is C20H18N2O4S. The van der Waals surface area contributed by atoms with Crippen molar-refractivity contribution in [1.82, 2.24) is 0 Å². The summed E-state index contributed by atoms with van der Waals surface area (Å²) in [5.74, 6) is -0.621. The first kappa shape index (κ1) is 18.7. The van der Waals surface area contributed by atoms with Gasteiger partial charge < -0.3 is 14.7 Å². The van der Waals surface area contributed by atoms with E-state index in [0.29, 0.717) is 15.8 Å². The van der Waals surface area contributed by atoms with Gasteiger partial charge in [0.25, 0.3) is 5.91 Å². The number of nitrogens with zero attached hydrogens (tertiary/aromatic N) is 2. The predicted octanol–water partition coefficient (Wildman–Crippen LogP) is 3.89. The van der Waals surface area contributed by atoms with Gasteiger partial charge in [-0.15, -0.1) is 0 Å². The zero-order valence-corrected chi connectivity index (χ0v) is 15.9. The van der Waals surface area contributed by atoms with E-state index in [2.05, 4.69) is 4.99 Å². The van der Waals surface area contributed by atoms with Crippen molar-refractivity contribution < 1.29 is 19.4 Å². The molecule has 7 heteroatoms. The van der Waals surface area contributed by atoms with Gasteiger partial charge in [-0.2, -0.15) is 4.99 Å². The molecule has 1 heterocycles. The molecule has 0 unspecified atom stereocenters. The molecule has 2 aromatic rings. The molecule has 0 atom stereocenters. The minimum atomic E-state index is -1.03. The number of ether oxygens (including phenoxy) is 1. The second-order valence-corrected chi connectivity index (χ2v) is 6.84. The number of anilines is 1. The van der Waals surface area contributed by atoms with Crippen molar-refractivity contribution >= 4 is 40.1 Å². The lowest BCUT2D eigenvalue weighted by atomic mass is 10.1. The fourth-order valence-electron chi connectivity index (χ4n) is 2.70. The summed E-state index contributed by atoms with van der Waals surface area (Å²) in [5, 5.41) is 9.82. The number of thioether (sulfide) groups is 1. The van der Waals surface area contributed by atoms with Crippen LogP contribution in [-0.4, -0.2) is 36.3 Å². The van der Waals surface area contributed by atoms with E-state index >= 15 is 0 Å². The highest BCUT2D eigenvalue weighted by Gasteiger charge is 2.28. The first-order valence-electron chi connectivity index (χ1n) is 8.14. The molecule has 3 rings (SSSR count). The van der Waals surface area contributed by atoms with Crippen LogP contribution in [0.4, 0.5) is 5.69 Å². The maximum atomic E-state index is 12.4. The van der Waals surface area contributed by atoms with Crippen molar-refractivity contribution in [2.75, 3.05) is 19.1 Å². The van der Waals surface area contributed by atoms with Crippen LogP contribution in [0.5, 0.6) is 5.75 Å². The summed E-state index contributed by atoms with van der Waals surface area (Å²) in [5.41, 5.74) is 2.34. The normalized spacial score (nSPS) is 15.4. The first-order chi connectivity index (χ1) is 12.9. The zero-order valence-electron chi connectivity index (χ0n) is 15.1. The third kappa shape index (κ3) is 3.73. The molecule has 0 fully saturated rings. The second kappa shape index (κ2) is 7.67. The number of methoxy groups -OCH3 is 1. The smallest absolute Gasteiger partial charge is 0.337 e. The van der Waals surface area contributed by atoms with Gasteiger partial charge in [0.1, 0.15) is 5.75 Å². The van der Waals surface area contributed by atoms with Crippen molar-refractivity contribution in [2.45, 2.75) is 6.92 Å². The van der Waals surface area contributed by atoms with Gasteiger partial charge in [0.15, 0.2) is 5.17 Å².